The third-order valence-electron chi connectivity index (χ3n) is 13.8. The Kier molecular flexibility index (Phi) is 25.8. The third kappa shape index (κ3) is 19.3. The van der Waals surface area contributed by atoms with Crippen molar-refractivity contribution in [2.75, 3.05) is 39.8 Å². The van der Waals surface area contributed by atoms with Crippen LogP contribution in [-0.2, 0) is 54.4 Å². The second-order valence-electron chi connectivity index (χ2n) is 20.1. The number of aliphatic imine (C=N–C) groups is 1. The van der Waals surface area contributed by atoms with Crippen LogP contribution in [0.5, 0.6) is 0 Å². The normalized spacial score (nSPS) is 16.7. The number of likely N-dealkylation sites (tertiary alicyclic amines) is 1. The lowest BCUT2D eigenvalue weighted by Crippen LogP contribution is -2.63. The molecular weight excluding hydrogens is 997 g/mol. The Morgan fingerprint density at radius 2 is 1.32 bits per heavy atom. The number of hydrogen-bond acceptors (Lipinski definition) is 12. The van der Waals surface area contributed by atoms with E-state index in [1.165, 1.54) is 25.8 Å². The first kappa shape index (κ1) is 64.0. The van der Waals surface area contributed by atoms with Crippen LogP contribution in [0.4, 0.5) is 0 Å². The van der Waals surface area contributed by atoms with E-state index < -0.39 is 120 Å². The second kappa shape index (κ2) is 31.0. The highest BCUT2D eigenvalue weighted by Gasteiger charge is 2.40. The maximum Gasteiger partial charge on any atom is 0.245 e. The molecule has 1 saturated heterocycles. The molecule has 77 heavy (non-hydrogen) atoms. The van der Waals surface area contributed by atoms with E-state index in [0.29, 0.717) is 37.8 Å². The number of aliphatic hydroxyl groups excluding tert-OH is 1. The Morgan fingerprint density at radius 3 is 1.91 bits per heavy atom. The van der Waals surface area contributed by atoms with Gasteiger partial charge in [0.25, 0.3) is 0 Å². The van der Waals surface area contributed by atoms with Crippen LogP contribution in [-0.4, -0.2) is 173 Å². The Balaban J connectivity index is 1.93. The van der Waals surface area contributed by atoms with Gasteiger partial charge in [-0.05, 0) is 68.9 Å². The summed E-state index contributed by atoms with van der Waals surface area (Å²) in [5, 5.41) is 33.2. The van der Waals surface area contributed by atoms with Gasteiger partial charge in [-0.25, -0.2) is 0 Å². The summed E-state index contributed by atoms with van der Waals surface area (Å²) in [7, 11) is 1.42. The summed E-state index contributed by atoms with van der Waals surface area (Å²) >= 11 is 0. The van der Waals surface area contributed by atoms with E-state index in [-0.39, 0.29) is 56.7 Å². The van der Waals surface area contributed by atoms with Gasteiger partial charge in [-0.3, -0.25) is 52.9 Å². The lowest BCUT2D eigenvalue weighted by molar-refractivity contribution is -0.142. The molecule has 25 nitrogen and oxygen atoms in total. The number of amides is 10. The minimum absolute atomic E-state index is 0.0905. The first-order valence-electron chi connectivity index (χ1n) is 26.5. The van der Waals surface area contributed by atoms with Gasteiger partial charge in [0.05, 0.1) is 19.2 Å². The standard InChI is InChI=1S/C52H84N14O11/c1-11-29(6)42(48(74)59-36(20-16-22-56-52(53)54)51(77)66-23-17-21-38(66)46(72)55-13-3)62-45(71)37(24-33-25-57-35-19-15-14-18-34(33)35)60-50(76)44(31(8)67)64-49(75)43(30(7)12-2)63-47(73)41(28(4)5)61-39(69)26-58-40(70)27-65(10)32(9)68/h14-15,18-19,25,28-31,36-38,41-44,57,67H,11-13,16-17,20-24,26-27H2,1-10H3,(H,55,72)(H,58,70)(H,59,74)(H,60,76)(H,61,69)(H,62,71)(H,63,73)(H,64,75)(H4,53,54,56)/t29-,30+,31+,36-,37-,38-,41-,42+,43+,44-/m0/s1. The molecular formula is C52H84N14O11. The minimum Gasteiger partial charge on any atom is -0.391 e. The molecule has 2 heterocycles. The maximum absolute atomic E-state index is 14.7. The number of aromatic nitrogens is 1. The Hall–Kier alpha value is -7.31. The van der Waals surface area contributed by atoms with Crippen LogP contribution < -0.4 is 54.0 Å². The summed E-state index contributed by atoms with van der Waals surface area (Å²) in [6.45, 7) is 14.6. The molecule has 1 aromatic carbocycles. The van der Waals surface area contributed by atoms with E-state index in [4.69, 9.17) is 11.5 Å². The molecule has 1 fully saturated rings. The van der Waals surface area contributed by atoms with Crippen molar-refractivity contribution in [1.29, 1.82) is 0 Å². The van der Waals surface area contributed by atoms with Crippen molar-refractivity contribution in [3.63, 3.8) is 0 Å². The first-order valence-corrected chi connectivity index (χ1v) is 26.5. The largest absolute Gasteiger partial charge is 0.391 e. The van der Waals surface area contributed by atoms with E-state index in [2.05, 4.69) is 52.5 Å². The highest BCUT2D eigenvalue weighted by Crippen LogP contribution is 2.22. The van der Waals surface area contributed by atoms with E-state index in [9.17, 15) is 53.1 Å². The van der Waals surface area contributed by atoms with Gasteiger partial charge in [0.2, 0.25) is 59.1 Å². The number of nitrogens with one attached hydrogen (secondary N) is 9. The molecule has 1 aromatic heterocycles. The van der Waals surface area contributed by atoms with Crippen molar-refractivity contribution in [2.24, 2.45) is 34.2 Å². The molecule has 25 heteroatoms. The molecule has 1 aliphatic heterocycles. The molecule has 0 radical (unpaired) electrons. The highest BCUT2D eigenvalue weighted by molar-refractivity contribution is 5.99. The lowest BCUT2D eigenvalue weighted by atomic mass is 9.95. The van der Waals surface area contributed by atoms with Crippen LogP contribution in [0.1, 0.15) is 106 Å². The van der Waals surface area contributed by atoms with E-state index in [0.717, 1.165) is 15.8 Å². The summed E-state index contributed by atoms with van der Waals surface area (Å²) in [6, 6.07) is -1.48. The fourth-order valence-corrected chi connectivity index (χ4v) is 8.68. The van der Waals surface area contributed by atoms with Crippen LogP contribution in [0, 0.1) is 17.8 Å². The topological polar surface area (TPSA) is 374 Å². The number of guanidine groups is 1. The zero-order valence-electron chi connectivity index (χ0n) is 46.2. The van der Waals surface area contributed by atoms with Crippen molar-refractivity contribution >= 4 is 75.9 Å². The number of aromatic amines is 1. The Bertz CT molecular complexity index is 2410. The Labute approximate surface area is 450 Å². The summed E-state index contributed by atoms with van der Waals surface area (Å²) in [6.07, 6.45) is 2.11. The fraction of sp³-hybridized carbons (Fsp3) is 0.635. The molecule has 1 aliphatic rings. The van der Waals surface area contributed by atoms with Crippen molar-refractivity contribution in [3.8, 4) is 0 Å². The number of para-hydroxylation sites is 1. The van der Waals surface area contributed by atoms with Crippen molar-refractivity contribution in [2.45, 2.75) is 156 Å². The molecule has 0 unspecified atom stereocenters. The summed E-state index contributed by atoms with van der Waals surface area (Å²) in [4.78, 5) is 145. The van der Waals surface area contributed by atoms with Crippen LogP contribution >= 0.6 is 0 Å². The zero-order chi connectivity index (χ0) is 57.7. The number of nitrogens with two attached hydrogens (primary N) is 2. The molecule has 14 N–H and O–H groups in total. The van der Waals surface area contributed by atoms with E-state index in [1.54, 1.807) is 53.8 Å². The predicted molar refractivity (Wildman–Crippen MR) is 289 cm³/mol. The average molecular weight is 1080 g/mol. The lowest BCUT2D eigenvalue weighted by Gasteiger charge is -2.32. The number of carbonyl (C=O) groups excluding carboxylic acids is 10. The van der Waals surface area contributed by atoms with Crippen molar-refractivity contribution in [1.82, 2.24) is 57.3 Å². The third-order valence-corrected chi connectivity index (χ3v) is 13.8. The summed E-state index contributed by atoms with van der Waals surface area (Å²) in [5.74, 6) is -8.28. The van der Waals surface area contributed by atoms with Gasteiger partial charge in [0.15, 0.2) is 5.96 Å². The van der Waals surface area contributed by atoms with Crippen molar-refractivity contribution in [3.05, 3.63) is 36.0 Å². The smallest absolute Gasteiger partial charge is 0.245 e. The molecule has 428 valence electrons. The number of aliphatic hydroxyl groups is 1. The molecule has 10 amide bonds. The monoisotopic (exact) mass is 1080 g/mol. The summed E-state index contributed by atoms with van der Waals surface area (Å²) in [5.41, 5.74) is 12.4. The molecule has 3 rings (SSSR count). The van der Waals surface area contributed by atoms with Crippen LogP contribution in [0.2, 0.25) is 0 Å². The number of carbonyl (C=O) groups is 10. The molecule has 0 aliphatic carbocycles. The summed E-state index contributed by atoms with van der Waals surface area (Å²) < 4.78 is 0. The second-order valence-corrected chi connectivity index (χ2v) is 20.1. The first-order chi connectivity index (χ1) is 36.3. The van der Waals surface area contributed by atoms with Gasteiger partial charge >= 0.3 is 0 Å². The molecule has 0 spiro atoms. The molecule has 2 aromatic rings. The number of H-pyrrole nitrogens is 1. The Morgan fingerprint density at radius 1 is 0.753 bits per heavy atom. The van der Waals surface area contributed by atoms with Gasteiger partial charge in [-0.1, -0.05) is 72.6 Å². The van der Waals surface area contributed by atoms with Crippen LogP contribution in [0.25, 0.3) is 10.9 Å². The molecule has 10 atom stereocenters. The van der Waals surface area contributed by atoms with E-state index >= 15 is 0 Å². The number of rotatable bonds is 30. The SMILES string of the molecule is CCNC(=O)[C@@H]1CCCN1C(=O)[C@H](CCCN=C(N)N)NC(=O)[C@H](NC(=O)[C@H](Cc1c[nH]c2ccccc12)NC(=O)[C@@H](NC(=O)[C@H](NC(=O)[C@@H](NC(=O)CNC(=O)CN(C)C(C)=O)C(C)C)[C@H](C)CC)[C@@H](C)O)[C@@H](C)CC. The van der Waals surface area contributed by atoms with E-state index in [1.807, 2.05) is 25.1 Å². The van der Waals surface area contributed by atoms with Gasteiger partial charge in [-0.2, -0.15) is 0 Å². The number of benzene rings is 1. The zero-order valence-corrected chi connectivity index (χ0v) is 46.2. The van der Waals surface area contributed by atoms with Gasteiger partial charge in [0.1, 0.15) is 42.3 Å². The molecule has 0 bridgehead atoms. The van der Waals surface area contributed by atoms with Gasteiger partial charge in [-0.15, -0.1) is 0 Å². The van der Waals surface area contributed by atoms with Crippen LogP contribution in [0.15, 0.2) is 35.5 Å². The highest BCUT2D eigenvalue weighted by atomic mass is 16.3. The number of hydrogen-bond donors (Lipinski definition) is 12. The number of nitrogens with zero attached hydrogens (tertiary/aromatic N) is 3. The van der Waals surface area contributed by atoms with Gasteiger partial charge < -0.3 is 73.9 Å². The predicted octanol–water partition coefficient (Wildman–Crippen LogP) is -1.48. The fourth-order valence-electron chi connectivity index (χ4n) is 8.68. The average Bonchev–Trinajstić information content (AvgIpc) is 4.05. The minimum atomic E-state index is -1.69. The number of likely N-dealkylation sites (N-methyl/N-ethyl adjacent to an activating group) is 2. The maximum atomic E-state index is 14.7. The quantitative estimate of drug-likeness (QED) is 0.0242. The molecule has 0 saturated carbocycles. The van der Waals surface area contributed by atoms with Crippen LogP contribution in [0.3, 0.4) is 0 Å². The van der Waals surface area contributed by atoms with Gasteiger partial charge in [0, 0.05) is 57.1 Å². The number of fused-ring (bicyclic) bond motifs is 1. The van der Waals surface area contributed by atoms with Crippen molar-refractivity contribution < 1.29 is 53.1 Å².